The molecule has 8 nitrogen and oxygen atoms in total. The summed E-state index contributed by atoms with van der Waals surface area (Å²) in [5, 5.41) is 12.1. The first kappa shape index (κ1) is 24.9. The van der Waals surface area contributed by atoms with E-state index in [0.29, 0.717) is 36.2 Å². The van der Waals surface area contributed by atoms with Gasteiger partial charge in [-0.3, -0.25) is 9.36 Å². The molecule has 1 heterocycles. The number of nitrogens with one attached hydrogen (secondary N) is 1. The average Bonchev–Trinajstić information content (AvgIpc) is 3.26. The van der Waals surface area contributed by atoms with Gasteiger partial charge in [0.1, 0.15) is 0 Å². The topological polar surface area (TPSA) is 97.2 Å². The van der Waals surface area contributed by atoms with E-state index in [2.05, 4.69) is 15.5 Å². The molecule has 0 fully saturated rings. The van der Waals surface area contributed by atoms with Crippen molar-refractivity contribution in [3.63, 3.8) is 0 Å². The molecule has 0 atom stereocenters. The van der Waals surface area contributed by atoms with Crippen LogP contribution in [0.3, 0.4) is 0 Å². The number of amides is 1. The molecule has 1 aromatic heterocycles. The SMILES string of the molecule is CCCNC(=O)CSc1nnc(-c2cccc(S(=O)(=O)N(CC)CC)c2)n1-c1ccccc1. The van der Waals surface area contributed by atoms with Gasteiger partial charge in [0.2, 0.25) is 15.9 Å². The molecule has 0 aliphatic carbocycles. The molecule has 0 saturated carbocycles. The molecule has 0 radical (unpaired) electrons. The minimum absolute atomic E-state index is 0.0710. The molecule has 2 aromatic carbocycles. The summed E-state index contributed by atoms with van der Waals surface area (Å²) < 4.78 is 29.3. The molecule has 0 bridgehead atoms. The minimum atomic E-state index is -3.61. The fraction of sp³-hybridized carbons (Fsp3) is 0.348. The molecule has 176 valence electrons. The molecule has 0 aliphatic heterocycles. The van der Waals surface area contributed by atoms with E-state index in [4.69, 9.17) is 0 Å². The Bertz CT molecular complexity index is 1180. The second-order valence-electron chi connectivity index (χ2n) is 7.23. The molecular formula is C23H29N5O3S2. The molecule has 33 heavy (non-hydrogen) atoms. The number of rotatable bonds is 11. The van der Waals surface area contributed by atoms with Crippen LogP contribution in [0.4, 0.5) is 0 Å². The highest BCUT2D eigenvalue weighted by Gasteiger charge is 2.23. The van der Waals surface area contributed by atoms with E-state index in [-0.39, 0.29) is 16.6 Å². The Morgan fingerprint density at radius 1 is 1.03 bits per heavy atom. The summed E-state index contributed by atoms with van der Waals surface area (Å²) in [5.74, 6) is 0.647. The van der Waals surface area contributed by atoms with E-state index in [1.807, 2.05) is 61.7 Å². The summed E-state index contributed by atoms with van der Waals surface area (Å²) in [6.45, 7) is 7.05. The number of aromatic nitrogens is 3. The number of sulfonamides is 1. The molecule has 0 spiro atoms. The molecule has 3 rings (SSSR count). The third kappa shape index (κ3) is 5.82. The Kier molecular flexibility index (Phi) is 8.65. The van der Waals surface area contributed by atoms with Crippen molar-refractivity contribution >= 4 is 27.7 Å². The number of thioether (sulfide) groups is 1. The molecule has 0 aliphatic rings. The van der Waals surface area contributed by atoms with Crippen molar-refractivity contribution in [2.24, 2.45) is 0 Å². The van der Waals surface area contributed by atoms with E-state index in [0.717, 1.165) is 12.1 Å². The van der Waals surface area contributed by atoms with Crippen LogP contribution in [0.1, 0.15) is 27.2 Å². The largest absolute Gasteiger partial charge is 0.355 e. The summed E-state index contributed by atoms with van der Waals surface area (Å²) in [5.41, 5.74) is 1.45. The quantitative estimate of drug-likeness (QED) is 0.415. The van der Waals surface area contributed by atoms with Gasteiger partial charge in [0.05, 0.1) is 10.6 Å². The van der Waals surface area contributed by atoms with E-state index in [1.54, 1.807) is 18.2 Å². The predicted molar refractivity (Wildman–Crippen MR) is 131 cm³/mol. The van der Waals surface area contributed by atoms with Gasteiger partial charge in [-0.2, -0.15) is 4.31 Å². The number of carbonyl (C=O) groups excluding carboxylic acids is 1. The van der Waals surface area contributed by atoms with Crippen LogP contribution >= 0.6 is 11.8 Å². The molecule has 1 amide bonds. The summed E-state index contributed by atoms with van der Waals surface area (Å²) in [4.78, 5) is 12.3. The summed E-state index contributed by atoms with van der Waals surface area (Å²) in [6.07, 6.45) is 0.869. The number of carbonyl (C=O) groups is 1. The lowest BCUT2D eigenvalue weighted by Gasteiger charge is -2.19. The Balaban J connectivity index is 2.02. The zero-order chi connectivity index (χ0) is 23.8. The third-order valence-corrected chi connectivity index (χ3v) is 7.96. The van der Waals surface area contributed by atoms with Crippen LogP contribution in [0.25, 0.3) is 17.1 Å². The second kappa shape index (κ2) is 11.4. The summed E-state index contributed by atoms with van der Waals surface area (Å²) in [7, 11) is -3.61. The second-order valence-corrected chi connectivity index (χ2v) is 10.1. The van der Waals surface area contributed by atoms with E-state index in [9.17, 15) is 13.2 Å². The maximum absolute atomic E-state index is 13.0. The highest BCUT2D eigenvalue weighted by atomic mass is 32.2. The van der Waals surface area contributed by atoms with E-state index < -0.39 is 10.0 Å². The fourth-order valence-electron chi connectivity index (χ4n) is 3.31. The third-order valence-electron chi connectivity index (χ3n) is 4.99. The van der Waals surface area contributed by atoms with E-state index in [1.165, 1.54) is 16.1 Å². The van der Waals surface area contributed by atoms with Crippen LogP contribution in [0, 0.1) is 0 Å². The van der Waals surface area contributed by atoms with E-state index >= 15 is 0 Å². The minimum Gasteiger partial charge on any atom is -0.355 e. The van der Waals surface area contributed by atoms with Gasteiger partial charge in [-0.1, -0.05) is 62.9 Å². The van der Waals surface area contributed by atoms with Crippen LogP contribution in [-0.2, 0) is 14.8 Å². The number of benzene rings is 2. The van der Waals surface area contributed by atoms with Crippen molar-refractivity contribution in [2.45, 2.75) is 37.2 Å². The molecule has 10 heteroatoms. The van der Waals surface area contributed by atoms with Gasteiger partial charge in [0, 0.05) is 30.9 Å². The van der Waals surface area contributed by atoms with Crippen molar-refractivity contribution in [3.05, 3.63) is 54.6 Å². The van der Waals surface area contributed by atoms with Crippen LogP contribution < -0.4 is 5.32 Å². The summed E-state index contributed by atoms with van der Waals surface area (Å²) in [6, 6.07) is 16.3. The first-order chi connectivity index (χ1) is 15.9. The normalized spacial score (nSPS) is 11.6. The van der Waals surface area contributed by atoms with Gasteiger partial charge in [0.25, 0.3) is 0 Å². The Hall–Kier alpha value is -2.69. The van der Waals surface area contributed by atoms with Gasteiger partial charge < -0.3 is 5.32 Å². The lowest BCUT2D eigenvalue weighted by molar-refractivity contribution is -0.118. The van der Waals surface area contributed by atoms with Crippen LogP contribution in [0.5, 0.6) is 0 Å². The first-order valence-corrected chi connectivity index (χ1v) is 13.4. The standard InChI is InChI=1S/C23H29N5O3S2/c1-4-15-24-21(29)17-32-23-26-25-22(28(23)19-12-8-7-9-13-19)18-11-10-14-20(16-18)33(30,31)27(5-2)6-3/h7-14,16H,4-6,15,17H2,1-3H3,(H,24,29). The van der Waals surface area contributed by atoms with Gasteiger partial charge in [0.15, 0.2) is 11.0 Å². The van der Waals surface area contributed by atoms with Crippen molar-refractivity contribution in [2.75, 3.05) is 25.4 Å². The van der Waals surface area contributed by atoms with Crippen molar-refractivity contribution in [3.8, 4) is 17.1 Å². The highest BCUT2D eigenvalue weighted by molar-refractivity contribution is 7.99. The number of para-hydroxylation sites is 1. The molecule has 3 aromatic rings. The van der Waals surface area contributed by atoms with Crippen molar-refractivity contribution in [1.29, 1.82) is 0 Å². The van der Waals surface area contributed by atoms with Crippen LogP contribution in [0.15, 0.2) is 64.6 Å². The summed E-state index contributed by atoms with van der Waals surface area (Å²) >= 11 is 1.29. The van der Waals surface area contributed by atoms with Gasteiger partial charge in [-0.05, 0) is 30.7 Å². The maximum Gasteiger partial charge on any atom is 0.243 e. The Morgan fingerprint density at radius 3 is 2.42 bits per heavy atom. The zero-order valence-electron chi connectivity index (χ0n) is 19.1. The number of hydrogen-bond acceptors (Lipinski definition) is 6. The van der Waals surface area contributed by atoms with Gasteiger partial charge in [-0.25, -0.2) is 8.42 Å². The van der Waals surface area contributed by atoms with Crippen LogP contribution in [0.2, 0.25) is 0 Å². The molecular weight excluding hydrogens is 458 g/mol. The fourth-order valence-corrected chi connectivity index (χ4v) is 5.60. The highest BCUT2D eigenvalue weighted by Crippen LogP contribution is 2.29. The Labute approximate surface area is 199 Å². The molecule has 0 unspecified atom stereocenters. The maximum atomic E-state index is 13.0. The predicted octanol–water partition coefficient (Wildman–Crippen LogP) is 3.58. The first-order valence-electron chi connectivity index (χ1n) is 10.9. The van der Waals surface area contributed by atoms with Gasteiger partial charge >= 0.3 is 0 Å². The smallest absolute Gasteiger partial charge is 0.243 e. The Morgan fingerprint density at radius 2 is 1.76 bits per heavy atom. The monoisotopic (exact) mass is 487 g/mol. The van der Waals surface area contributed by atoms with Crippen molar-refractivity contribution in [1.82, 2.24) is 24.4 Å². The van der Waals surface area contributed by atoms with Crippen LogP contribution in [-0.4, -0.2) is 58.8 Å². The van der Waals surface area contributed by atoms with Crippen molar-refractivity contribution < 1.29 is 13.2 Å². The lowest BCUT2D eigenvalue weighted by Crippen LogP contribution is -2.30. The number of hydrogen-bond donors (Lipinski definition) is 1. The van der Waals surface area contributed by atoms with Gasteiger partial charge in [-0.15, -0.1) is 10.2 Å². The molecule has 0 saturated heterocycles. The molecule has 1 N–H and O–H groups in total. The number of nitrogens with zero attached hydrogens (tertiary/aromatic N) is 4. The zero-order valence-corrected chi connectivity index (χ0v) is 20.7. The average molecular weight is 488 g/mol. The lowest BCUT2D eigenvalue weighted by atomic mass is 10.2.